The molecule has 0 atom stereocenters. The summed E-state index contributed by atoms with van der Waals surface area (Å²) in [5, 5.41) is 3.12. The molecule has 3 aromatic heterocycles. The molecule has 0 radical (unpaired) electrons. The zero-order valence-corrected chi connectivity index (χ0v) is 18.3. The quantitative estimate of drug-likeness (QED) is 0.349. The van der Waals surface area contributed by atoms with Crippen LogP contribution in [0.1, 0.15) is 19.8 Å². The molecular formula is C22H23N7O2S. The number of hydrogen-bond donors (Lipinski definition) is 3. The lowest BCUT2D eigenvalue weighted by Gasteiger charge is -2.10. The third-order valence-electron chi connectivity index (χ3n) is 4.60. The van der Waals surface area contributed by atoms with E-state index in [0.717, 1.165) is 17.7 Å². The number of sulfonamides is 1. The van der Waals surface area contributed by atoms with E-state index in [4.69, 9.17) is 0 Å². The van der Waals surface area contributed by atoms with Crippen molar-refractivity contribution in [2.75, 3.05) is 15.8 Å². The van der Waals surface area contributed by atoms with E-state index in [-0.39, 0.29) is 5.75 Å². The standard InChI is InChI=1S/C22H23N7O2S/c1-2-3-12-32(30,31)29-18-8-4-7-17(13-18)26-22-24-11-9-19(28-22)20-15-25-21(27-20)16-6-5-10-23-14-16/h4-11,13-15,29H,2-3,12H2,1H3,(H,25,27)(H,24,26,28). The highest BCUT2D eigenvalue weighted by molar-refractivity contribution is 7.92. The van der Waals surface area contributed by atoms with Crippen molar-refractivity contribution in [3.63, 3.8) is 0 Å². The Morgan fingerprint density at radius 3 is 2.69 bits per heavy atom. The summed E-state index contributed by atoms with van der Waals surface area (Å²) in [5.74, 6) is 1.17. The van der Waals surface area contributed by atoms with Gasteiger partial charge < -0.3 is 10.3 Å². The van der Waals surface area contributed by atoms with Gasteiger partial charge in [-0.15, -0.1) is 0 Å². The second-order valence-electron chi connectivity index (χ2n) is 7.13. The molecule has 3 N–H and O–H groups in total. The van der Waals surface area contributed by atoms with Gasteiger partial charge in [-0.3, -0.25) is 9.71 Å². The molecule has 4 aromatic rings. The molecule has 0 bridgehead atoms. The SMILES string of the molecule is CCCCS(=O)(=O)Nc1cccc(Nc2nccc(-c3cnc(-c4cccnc4)[nH]3)n2)c1. The predicted molar refractivity (Wildman–Crippen MR) is 125 cm³/mol. The summed E-state index contributed by atoms with van der Waals surface area (Å²) in [4.78, 5) is 20.6. The van der Waals surface area contributed by atoms with Crippen molar-refractivity contribution in [3.05, 3.63) is 67.3 Å². The van der Waals surface area contributed by atoms with Crippen molar-refractivity contribution < 1.29 is 8.42 Å². The number of imidazole rings is 1. The van der Waals surface area contributed by atoms with Crippen LogP contribution in [0.15, 0.2) is 67.3 Å². The first-order valence-corrected chi connectivity index (χ1v) is 11.8. The van der Waals surface area contributed by atoms with Crippen LogP contribution in [0.5, 0.6) is 0 Å². The van der Waals surface area contributed by atoms with Gasteiger partial charge in [0.2, 0.25) is 16.0 Å². The minimum absolute atomic E-state index is 0.0948. The fourth-order valence-electron chi connectivity index (χ4n) is 3.02. The maximum Gasteiger partial charge on any atom is 0.232 e. The first-order chi connectivity index (χ1) is 15.5. The van der Waals surface area contributed by atoms with Crippen LogP contribution in [-0.4, -0.2) is 39.1 Å². The number of hydrogen-bond acceptors (Lipinski definition) is 7. The number of H-pyrrole nitrogens is 1. The van der Waals surface area contributed by atoms with Crippen LogP contribution in [0.25, 0.3) is 22.8 Å². The summed E-state index contributed by atoms with van der Waals surface area (Å²) < 4.78 is 26.9. The molecule has 0 aliphatic rings. The molecule has 0 fully saturated rings. The monoisotopic (exact) mass is 449 g/mol. The third kappa shape index (κ3) is 5.46. The first-order valence-electron chi connectivity index (χ1n) is 10.2. The molecule has 0 unspecified atom stereocenters. The van der Waals surface area contributed by atoms with E-state index in [0.29, 0.717) is 35.3 Å². The summed E-state index contributed by atoms with van der Waals surface area (Å²) in [7, 11) is -3.37. The first kappa shape index (κ1) is 21.4. The lowest BCUT2D eigenvalue weighted by Crippen LogP contribution is -2.16. The van der Waals surface area contributed by atoms with Crippen LogP contribution in [0.4, 0.5) is 17.3 Å². The van der Waals surface area contributed by atoms with Crippen molar-refractivity contribution in [3.8, 4) is 22.8 Å². The number of pyridine rings is 1. The second kappa shape index (κ2) is 9.56. The maximum absolute atomic E-state index is 12.2. The Bertz CT molecular complexity index is 1290. The van der Waals surface area contributed by atoms with E-state index in [9.17, 15) is 8.42 Å². The molecule has 0 saturated heterocycles. The van der Waals surface area contributed by atoms with Crippen molar-refractivity contribution in [2.24, 2.45) is 0 Å². The summed E-state index contributed by atoms with van der Waals surface area (Å²) in [6.45, 7) is 1.96. The van der Waals surface area contributed by atoms with Gasteiger partial charge in [0.1, 0.15) is 5.82 Å². The molecule has 164 valence electrons. The largest absolute Gasteiger partial charge is 0.337 e. The number of unbranched alkanes of at least 4 members (excludes halogenated alkanes) is 1. The van der Waals surface area contributed by atoms with Gasteiger partial charge in [0, 0.05) is 29.8 Å². The van der Waals surface area contributed by atoms with Crippen LogP contribution in [-0.2, 0) is 10.0 Å². The van der Waals surface area contributed by atoms with Gasteiger partial charge in [0.15, 0.2) is 0 Å². The van der Waals surface area contributed by atoms with Crippen molar-refractivity contribution in [2.45, 2.75) is 19.8 Å². The topological polar surface area (TPSA) is 126 Å². The Labute approximate surface area is 186 Å². The molecule has 9 nitrogen and oxygen atoms in total. The molecule has 0 spiro atoms. The number of nitrogens with one attached hydrogen (secondary N) is 3. The molecule has 32 heavy (non-hydrogen) atoms. The van der Waals surface area contributed by atoms with E-state index < -0.39 is 10.0 Å². The summed E-state index contributed by atoms with van der Waals surface area (Å²) in [6, 6.07) is 12.5. The Morgan fingerprint density at radius 1 is 1.00 bits per heavy atom. The summed E-state index contributed by atoms with van der Waals surface area (Å²) in [5.41, 5.74) is 3.44. The molecule has 1 aromatic carbocycles. The summed E-state index contributed by atoms with van der Waals surface area (Å²) in [6.07, 6.45) is 8.23. The highest BCUT2D eigenvalue weighted by Gasteiger charge is 2.11. The Kier molecular flexibility index (Phi) is 6.41. The normalized spacial score (nSPS) is 11.3. The highest BCUT2D eigenvalue weighted by Crippen LogP contribution is 2.23. The molecule has 3 heterocycles. The Hall–Kier alpha value is -3.79. The van der Waals surface area contributed by atoms with Gasteiger partial charge in [-0.1, -0.05) is 19.4 Å². The van der Waals surface area contributed by atoms with Crippen LogP contribution >= 0.6 is 0 Å². The molecule has 0 amide bonds. The van der Waals surface area contributed by atoms with E-state index in [1.54, 1.807) is 49.1 Å². The Morgan fingerprint density at radius 2 is 1.88 bits per heavy atom. The summed E-state index contributed by atoms with van der Waals surface area (Å²) >= 11 is 0. The molecule has 0 aliphatic carbocycles. The smallest absolute Gasteiger partial charge is 0.232 e. The number of nitrogens with zero attached hydrogens (tertiary/aromatic N) is 4. The van der Waals surface area contributed by atoms with Crippen LogP contribution in [0, 0.1) is 0 Å². The average Bonchev–Trinajstić information content (AvgIpc) is 3.29. The molecule has 0 saturated carbocycles. The van der Waals surface area contributed by atoms with Crippen LogP contribution in [0.3, 0.4) is 0 Å². The van der Waals surface area contributed by atoms with Crippen molar-refractivity contribution >= 4 is 27.3 Å². The number of anilines is 3. The van der Waals surface area contributed by atoms with Crippen molar-refractivity contribution in [1.82, 2.24) is 24.9 Å². The number of aromatic nitrogens is 5. The van der Waals surface area contributed by atoms with Gasteiger partial charge in [-0.2, -0.15) is 0 Å². The second-order valence-corrected chi connectivity index (χ2v) is 8.97. The van der Waals surface area contributed by atoms with Gasteiger partial charge in [0.25, 0.3) is 0 Å². The van der Waals surface area contributed by atoms with Gasteiger partial charge in [-0.25, -0.2) is 23.4 Å². The fourth-order valence-corrected chi connectivity index (χ4v) is 4.28. The molecule has 4 rings (SSSR count). The number of rotatable bonds is 9. The fraction of sp³-hybridized carbons (Fsp3) is 0.182. The molecule has 10 heteroatoms. The minimum atomic E-state index is -3.37. The third-order valence-corrected chi connectivity index (χ3v) is 5.97. The van der Waals surface area contributed by atoms with E-state index in [1.165, 1.54) is 0 Å². The zero-order valence-electron chi connectivity index (χ0n) is 17.5. The minimum Gasteiger partial charge on any atom is -0.337 e. The average molecular weight is 450 g/mol. The van der Waals surface area contributed by atoms with Crippen molar-refractivity contribution in [1.29, 1.82) is 0 Å². The molecule has 0 aliphatic heterocycles. The van der Waals surface area contributed by atoms with Gasteiger partial charge in [0.05, 0.1) is 29.0 Å². The van der Waals surface area contributed by atoms with E-state index in [2.05, 4.69) is 35.0 Å². The Balaban J connectivity index is 1.50. The predicted octanol–water partition coefficient (Wildman–Crippen LogP) is 4.21. The number of aromatic amines is 1. The van der Waals surface area contributed by atoms with E-state index in [1.807, 2.05) is 25.1 Å². The van der Waals surface area contributed by atoms with Crippen LogP contribution in [0.2, 0.25) is 0 Å². The van der Waals surface area contributed by atoms with Gasteiger partial charge >= 0.3 is 0 Å². The van der Waals surface area contributed by atoms with Gasteiger partial charge in [-0.05, 0) is 42.8 Å². The zero-order chi connectivity index (χ0) is 22.4. The van der Waals surface area contributed by atoms with E-state index >= 15 is 0 Å². The number of benzene rings is 1. The lowest BCUT2D eigenvalue weighted by molar-refractivity contribution is 0.598. The lowest BCUT2D eigenvalue weighted by atomic mass is 10.3. The highest BCUT2D eigenvalue weighted by atomic mass is 32.2. The maximum atomic E-state index is 12.2. The van der Waals surface area contributed by atoms with Crippen LogP contribution < -0.4 is 10.0 Å². The molecular weight excluding hydrogens is 426 g/mol.